The van der Waals surface area contributed by atoms with Gasteiger partial charge in [0.15, 0.2) is 0 Å². The van der Waals surface area contributed by atoms with E-state index in [1.807, 2.05) is 18.7 Å². The molecule has 1 aliphatic heterocycles. The second-order valence-corrected chi connectivity index (χ2v) is 5.73. The highest BCUT2D eigenvalue weighted by molar-refractivity contribution is 5.85. The van der Waals surface area contributed by atoms with Gasteiger partial charge < -0.3 is 10.6 Å². The van der Waals surface area contributed by atoms with Crippen molar-refractivity contribution in [2.75, 3.05) is 13.1 Å². The lowest BCUT2D eigenvalue weighted by molar-refractivity contribution is -0.142. The largest absolute Gasteiger partial charge is 0.342 e. The van der Waals surface area contributed by atoms with Crippen molar-refractivity contribution < 1.29 is 4.79 Å². The van der Waals surface area contributed by atoms with Crippen LogP contribution in [0.1, 0.15) is 47.0 Å². The zero-order valence-electron chi connectivity index (χ0n) is 11.5. The predicted molar refractivity (Wildman–Crippen MR) is 74.3 cm³/mol. The van der Waals surface area contributed by atoms with Gasteiger partial charge in [-0.3, -0.25) is 4.79 Å². The van der Waals surface area contributed by atoms with E-state index in [-0.39, 0.29) is 23.9 Å². The first-order valence-electron chi connectivity index (χ1n) is 6.43. The van der Waals surface area contributed by atoms with Gasteiger partial charge >= 0.3 is 0 Å². The van der Waals surface area contributed by atoms with Crippen molar-refractivity contribution in [1.29, 1.82) is 0 Å². The van der Waals surface area contributed by atoms with Crippen molar-refractivity contribution >= 4 is 18.3 Å². The maximum absolute atomic E-state index is 12.2. The van der Waals surface area contributed by atoms with Gasteiger partial charge in [0.2, 0.25) is 5.91 Å². The van der Waals surface area contributed by atoms with E-state index in [1.54, 1.807) is 0 Å². The molecule has 1 amide bonds. The third kappa shape index (κ3) is 4.14. The number of hydrogen-bond donors (Lipinski definition) is 1. The first-order valence-corrected chi connectivity index (χ1v) is 6.43. The summed E-state index contributed by atoms with van der Waals surface area (Å²) in [7, 11) is 0. The number of halogens is 1. The number of carbonyl (C=O) groups excluding carboxylic acids is 1. The number of amides is 1. The highest BCUT2D eigenvalue weighted by Gasteiger charge is 2.32. The zero-order chi connectivity index (χ0) is 12.3. The summed E-state index contributed by atoms with van der Waals surface area (Å²) < 4.78 is 0. The van der Waals surface area contributed by atoms with Crippen LogP contribution in [0, 0.1) is 11.3 Å². The summed E-state index contributed by atoms with van der Waals surface area (Å²) in [5.74, 6) is 0.895. The molecule has 1 saturated heterocycles. The Morgan fingerprint density at radius 3 is 2.24 bits per heavy atom. The number of nitrogens with zero attached hydrogens (tertiary/aromatic N) is 1. The Hall–Kier alpha value is -0.280. The molecule has 0 aliphatic carbocycles. The number of likely N-dealkylation sites (tertiary alicyclic amines) is 1. The molecule has 0 bridgehead atoms. The molecule has 0 aromatic heterocycles. The quantitative estimate of drug-likeness (QED) is 0.849. The summed E-state index contributed by atoms with van der Waals surface area (Å²) >= 11 is 0. The van der Waals surface area contributed by atoms with E-state index in [2.05, 4.69) is 13.8 Å². The van der Waals surface area contributed by atoms with E-state index < -0.39 is 0 Å². The van der Waals surface area contributed by atoms with Gasteiger partial charge in [0.05, 0.1) is 0 Å². The van der Waals surface area contributed by atoms with E-state index in [1.165, 1.54) is 0 Å². The van der Waals surface area contributed by atoms with Gasteiger partial charge in [0.1, 0.15) is 0 Å². The molecule has 3 nitrogen and oxygen atoms in total. The van der Waals surface area contributed by atoms with Gasteiger partial charge in [-0.15, -0.1) is 12.4 Å². The summed E-state index contributed by atoms with van der Waals surface area (Å²) in [6, 6.07) is 0.261. The second-order valence-electron chi connectivity index (χ2n) is 5.73. The van der Waals surface area contributed by atoms with Crippen LogP contribution in [0.2, 0.25) is 0 Å². The number of rotatable bonds is 3. The van der Waals surface area contributed by atoms with Crippen LogP contribution in [-0.4, -0.2) is 29.9 Å². The van der Waals surface area contributed by atoms with Crippen LogP contribution >= 0.6 is 12.4 Å². The fourth-order valence-electron chi connectivity index (χ4n) is 2.21. The maximum Gasteiger partial charge on any atom is 0.228 e. The molecule has 4 heteroatoms. The molecular weight excluding hydrogens is 236 g/mol. The zero-order valence-corrected chi connectivity index (χ0v) is 12.3. The van der Waals surface area contributed by atoms with Gasteiger partial charge in [-0.25, -0.2) is 0 Å². The van der Waals surface area contributed by atoms with Crippen molar-refractivity contribution in [2.45, 2.75) is 53.0 Å². The molecule has 1 atom stereocenters. The Bertz CT molecular complexity index is 246. The number of hydrogen-bond acceptors (Lipinski definition) is 2. The molecule has 1 heterocycles. The van der Waals surface area contributed by atoms with Crippen LogP contribution in [0.3, 0.4) is 0 Å². The van der Waals surface area contributed by atoms with Crippen LogP contribution in [0.5, 0.6) is 0 Å². The summed E-state index contributed by atoms with van der Waals surface area (Å²) in [5, 5.41) is 0. The first-order chi connectivity index (χ1) is 7.38. The van der Waals surface area contributed by atoms with E-state index in [9.17, 15) is 4.79 Å². The van der Waals surface area contributed by atoms with Crippen molar-refractivity contribution in [1.82, 2.24) is 4.90 Å². The van der Waals surface area contributed by atoms with E-state index in [0.29, 0.717) is 11.8 Å². The third-order valence-corrected chi connectivity index (χ3v) is 4.03. The van der Waals surface area contributed by atoms with E-state index in [0.717, 1.165) is 32.4 Å². The Morgan fingerprint density at radius 1 is 1.41 bits per heavy atom. The number of nitrogens with two attached hydrogens (primary N) is 1. The lowest BCUT2D eigenvalue weighted by Gasteiger charge is -2.37. The summed E-state index contributed by atoms with van der Waals surface area (Å²) in [6.45, 7) is 9.98. The van der Waals surface area contributed by atoms with Crippen LogP contribution in [-0.2, 0) is 4.79 Å². The van der Waals surface area contributed by atoms with Crippen LogP contribution in [0.25, 0.3) is 0 Å². The topological polar surface area (TPSA) is 46.3 Å². The smallest absolute Gasteiger partial charge is 0.228 e. The molecule has 1 unspecified atom stereocenters. The lowest BCUT2D eigenvalue weighted by Crippen LogP contribution is -2.47. The maximum atomic E-state index is 12.2. The predicted octanol–water partition coefficient (Wildman–Crippen LogP) is 2.43. The summed E-state index contributed by atoms with van der Waals surface area (Å²) in [4.78, 5) is 14.2. The Kier molecular flexibility index (Phi) is 6.49. The number of carbonyl (C=O) groups is 1. The van der Waals surface area contributed by atoms with Crippen molar-refractivity contribution in [2.24, 2.45) is 17.1 Å². The minimum atomic E-state index is -0.207. The van der Waals surface area contributed by atoms with E-state index in [4.69, 9.17) is 5.73 Å². The normalized spacial score (nSPS) is 19.7. The van der Waals surface area contributed by atoms with Gasteiger partial charge in [0, 0.05) is 24.5 Å². The fraction of sp³-hybridized carbons (Fsp3) is 0.923. The summed E-state index contributed by atoms with van der Waals surface area (Å²) in [5.41, 5.74) is 5.69. The molecule has 0 spiro atoms. The highest BCUT2D eigenvalue weighted by Crippen LogP contribution is 2.27. The van der Waals surface area contributed by atoms with Gasteiger partial charge in [0.25, 0.3) is 0 Å². The van der Waals surface area contributed by atoms with Crippen LogP contribution < -0.4 is 5.73 Å². The average molecular weight is 263 g/mol. The molecule has 0 radical (unpaired) electrons. The van der Waals surface area contributed by atoms with E-state index >= 15 is 0 Å². The minimum absolute atomic E-state index is 0. The van der Waals surface area contributed by atoms with Gasteiger partial charge in [-0.05, 0) is 32.1 Å². The molecule has 1 aliphatic rings. The highest BCUT2D eigenvalue weighted by atomic mass is 35.5. The monoisotopic (exact) mass is 262 g/mol. The molecule has 102 valence electrons. The van der Waals surface area contributed by atoms with Crippen molar-refractivity contribution in [3.05, 3.63) is 0 Å². The molecular formula is C13H27ClN2O. The minimum Gasteiger partial charge on any atom is -0.342 e. The van der Waals surface area contributed by atoms with Crippen molar-refractivity contribution in [3.63, 3.8) is 0 Å². The molecule has 17 heavy (non-hydrogen) atoms. The van der Waals surface area contributed by atoms with Gasteiger partial charge in [-0.2, -0.15) is 0 Å². The molecule has 1 rings (SSSR count). The number of piperidine rings is 1. The third-order valence-electron chi connectivity index (χ3n) is 4.03. The summed E-state index contributed by atoms with van der Waals surface area (Å²) in [6.07, 6.45) is 3.02. The molecule has 0 saturated carbocycles. The van der Waals surface area contributed by atoms with Gasteiger partial charge in [-0.1, -0.05) is 20.8 Å². The molecule has 0 aromatic rings. The molecule has 0 aromatic carbocycles. The molecule has 2 N–H and O–H groups in total. The average Bonchev–Trinajstić information content (AvgIpc) is 2.28. The Balaban J connectivity index is 0.00000256. The van der Waals surface area contributed by atoms with Crippen LogP contribution in [0.15, 0.2) is 0 Å². The van der Waals surface area contributed by atoms with Crippen LogP contribution in [0.4, 0.5) is 0 Å². The second kappa shape index (κ2) is 6.60. The standard InChI is InChI=1S/C13H26N2O.ClH/c1-5-13(3,4)12(16)15-8-6-11(7-9-15)10(2)14;/h10-11H,5-9,14H2,1-4H3;1H. The lowest BCUT2D eigenvalue weighted by atomic mass is 9.85. The first kappa shape index (κ1) is 16.7. The van der Waals surface area contributed by atoms with Crippen molar-refractivity contribution in [3.8, 4) is 0 Å². The molecule has 1 fully saturated rings. The fourth-order valence-corrected chi connectivity index (χ4v) is 2.21. The Morgan fingerprint density at radius 2 is 1.88 bits per heavy atom. The Labute approximate surface area is 112 Å². The SMILES string of the molecule is CCC(C)(C)C(=O)N1CCC(C(C)N)CC1.Cl.